The van der Waals surface area contributed by atoms with Gasteiger partial charge in [0.15, 0.2) is 5.78 Å². The van der Waals surface area contributed by atoms with Gasteiger partial charge in [0.2, 0.25) is 0 Å². The van der Waals surface area contributed by atoms with Crippen LogP contribution in [0.1, 0.15) is 25.5 Å². The number of amides is 2. The number of rotatable bonds is 2. The first-order chi connectivity index (χ1) is 8.09. The molecule has 1 aromatic carbocycles. The van der Waals surface area contributed by atoms with E-state index >= 15 is 0 Å². The van der Waals surface area contributed by atoms with Gasteiger partial charge in [0.1, 0.15) is 0 Å². The van der Waals surface area contributed by atoms with Crippen molar-refractivity contribution in [3.05, 3.63) is 47.2 Å². The van der Waals surface area contributed by atoms with E-state index in [1.165, 1.54) is 6.92 Å². The number of carbonyl (C=O) groups is 2. The van der Waals surface area contributed by atoms with Gasteiger partial charge in [-0.05, 0) is 19.4 Å². The van der Waals surface area contributed by atoms with Gasteiger partial charge < -0.3 is 10.6 Å². The van der Waals surface area contributed by atoms with Crippen molar-refractivity contribution in [2.45, 2.75) is 19.9 Å². The third kappa shape index (κ3) is 2.20. The fraction of sp³-hybridized carbons (Fsp3) is 0.231. The lowest BCUT2D eigenvalue weighted by molar-refractivity contribution is -0.114. The van der Waals surface area contributed by atoms with Crippen LogP contribution in [-0.4, -0.2) is 11.8 Å². The van der Waals surface area contributed by atoms with E-state index in [0.29, 0.717) is 11.3 Å². The van der Waals surface area contributed by atoms with Crippen molar-refractivity contribution < 1.29 is 9.59 Å². The molecule has 0 fully saturated rings. The first-order valence-corrected chi connectivity index (χ1v) is 5.43. The van der Waals surface area contributed by atoms with E-state index in [2.05, 4.69) is 10.6 Å². The third-order valence-electron chi connectivity index (χ3n) is 2.78. The normalized spacial score (nSPS) is 19.6. The molecule has 0 radical (unpaired) electrons. The van der Waals surface area contributed by atoms with Crippen molar-refractivity contribution in [2.75, 3.05) is 0 Å². The molecule has 2 rings (SSSR count). The maximum atomic E-state index is 11.7. The van der Waals surface area contributed by atoms with Gasteiger partial charge in [-0.25, -0.2) is 4.79 Å². The summed E-state index contributed by atoms with van der Waals surface area (Å²) in [6.07, 6.45) is 0. The molecule has 2 amide bonds. The molecule has 17 heavy (non-hydrogen) atoms. The van der Waals surface area contributed by atoms with Crippen LogP contribution in [0.25, 0.3) is 0 Å². The largest absolute Gasteiger partial charge is 0.327 e. The van der Waals surface area contributed by atoms with Crippen molar-refractivity contribution in [3.8, 4) is 0 Å². The molecule has 0 aliphatic carbocycles. The standard InChI is InChI=1S/C13H14N2O2/c1-8-11(9(2)16)12(15-13(17)14-8)10-6-4-3-5-7-10/h3-7,12H,1-2H3,(H2,14,15,17)/t12-/m0/s1. The van der Waals surface area contributed by atoms with E-state index in [1.807, 2.05) is 30.3 Å². The fourth-order valence-corrected chi connectivity index (χ4v) is 2.06. The van der Waals surface area contributed by atoms with E-state index in [1.54, 1.807) is 6.92 Å². The molecule has 1 aromatic rings. The molecule has 4 nitrogen and oxygen atoms in total. The van der Waals surface area contributed by atoms with Gasteiger partial charge >= 0.3 is 6.03 Å². The lowest BCUT2D eigenvalue weighted by atomic mass is 9.93. The predicted octanol–water partition coefficient (Wildman–Crippen LogP) is 1.90. The quantitative estimate of drug-likeness (QED) is 0.815. The molecule has 2 N–H and O–H groups in total. The number of carbonyl (C=O) groups excluding carboxylic acids is 2. The Labute approximate surface area is 99.7 Å². The van der Waals surface area contributed by atoms with Crippen LogP contribution in [0.5, 0.6) is 0 Å². The van der Waals surface area contributed by atoms with Gasteiger partial charge in [0.25, 0.3) is 0 Å². The smallest absolute Gasteiger partial charge is 0.319 e. The number of Topliss-reactive ketones (excluding diaryl/α,β-unsaturated/α-hetero) is 1. The summed E-state index contributed by atoms with van der Waals surface area (Å²) in [6.45, 7) is 3.25. The first-order valence-electron chi connectivity index (χ1n) is 5.43. The summed E-state index contributed by atoms with van der Waals surface area (Å²) < 4.78 is 0. The second kappa shape index (κ2) is 4.41. The van der Waals surface area contributed by atoms with E-state index in [9.17, 15) is 9.59 Å². The molecule has 1 atom stereocenters. The Morgan fingerprint density at radius 1 is 1.24 bits per heavy atom. The van der Waals surface area contributed by atoms with Crippen molar-refractivity contribution in [2.24, 2.45) is 0 Å². The highest BCUT2D eigenvalue weighted by Crippen LogP contribution is 2.26. The van der Waals surface area contributed by atoms with Crippen molar-refractivity contribution in [1.82, 2.24) is 10.6 Å². The molecule has 1 aliphatic rings. The summed E-state index contributed by atoms with van der Waals surface area (Å²) in [7, 11) is 0. The Hall–Kier alpha value is -2.10. The zero-order chi connectivity index (χ0) is 12.4. The topological polar surface area (TPSA) is 58.2 Å². The zero-order valence-corrected chi connectivity index (χ0v) is 9.78. The minimum absolute atomic E-state index is 0.0381. The SMILES string of the molecule is CC(=O)C1=C(C)NC(=O)N[C@H]1c1ccccc1. The maximum Gasteiger partial charge on any atom is 0.319 e. The van der Waals surface area contributed by atoms with Crippen LogP contribution in [0, 0.1) is 0 Å². The summed E-state index contributed by atoms with van der Waals surface area (Å²) in [5.74, 6) is -0.0381. The molecule has 0 saturated heterocycles. The number of hydrogen-bond acceptors (Lipinski definition) is 2. The van der Waals surface area contributed by atoms with E-state index in [-0.39, 0.29) is 17.9 Å². The summed E-state index contributed by atoms with van der Waals surface area (Å²) in [5.41, 5.74) is 2.14. The Morgan fingerprint density at radius 2 is 1.88 bits per heavy atom. The highest BCUT2D eigenvalue weighted by molar-refractivity contribution is 5.98. The summed E-state index contributed by atoms with van der Waals surface area (Å²) in [5, 5.41) is 5.38. The van der Waals surface area contributed by atoms with Gasteiger partial charge in [-0.1, -0.05) is 30.3 Å². The number of hydrogen-bond donors (Lipinski definition) is 2. The van der Waals surface area contributed by atoms with Gasteiger partial charge in [0, 0.05) is 11.3 Å². The number of ketones is 1. The highest BCUT2D eigenvalue weighted by atomic mass is 16.2. The molecule has 0 saturated carbocycles. The van der Waals surface area contributed by atoms with E-state index < -0.39 is 0 Å². The molecule has 88 valence electrons. The molecule has 4 heteroatoms. The van der Waals surface area contributed by atoms with Gasteiger partial charge in [0.05, 0.1) is 6.04 Å². The minimum atomic E-state index is -0.359. The summed E-state index contributed by atoms with van der Waals surface area (Å²) in [6, 6.07) is 8.83. The lowest BCUT2D eigenvalue weighted by Gasteiger charge is -2.27. The maximum absolute atomic E-state index is 11.7. The average Bonchev–Trinajstić information content (AvgIpc) is 2.28. The summed E-state index contributed by atoms with van der Waals surface area (Å²) in [4.78, 5) is 23.1. The first kappa shape index (κ1) is 11.4. The second-order valence-corrected chi connectivity index (χ2v) is 4.04. The van der Waals surface area contributed by atoms with Gasteiger partial charge in [-0.3, -0.25) is 4.79 Å². The average molecular weight is 230 g/mol. The molecule has 0 bridgehead atoms. The van der Waals surface area contributed by atoms with Gasteiger partial charge in [-0.15, -0.1) is 0 Å². The monoisotopic (exact) mass is 230 g/mol. The molecule has 1 aliphatic heterocycles. The fourth-order valence-electron chi connectivity index (χ4n) is 2.06. The second-order valence-electron chi connectivity index (χ2n) is 4.04. The lowest BCUT2D eigenvalue weighted by Crippen LogP contribution is -2.44. The van der Waals surface area contributed by atoms with Crippen LogP contribution in [0.4, 0.5) is 4.79 Å². The minimum Gasteiger partial charge on any atom is -0.327 e. The van der Waals surface area contributed by atoms with Crippen LogP contribution in [0.2, 0.25) is 0 Å². The van der Waals surface area contributed by atoms with Crippen LogP contribution < -0.4 is 10.6 Å². The molecule has 0 spiro atoms. The van der Waals surface area contributed by atoms with Gasteiger partial charge in [-0.2, -0.15) is 0 Å². The van der Waals surface area contributed by atoms with E-state index in [4.69, 9.17) is 0 Å². The zero-order valence-electron chi connectivity index (χ0n) is 9.78. The molecule has 1 heterocycles. The molecular formula is C13H14N2O2. The number of allylic oxidation sites excluding steroid dienone is 1. The molecule has 0 aromatic heterocycles. The highest BCUT2D eigenvalue weighted by Gasteiger charge is 2.28. The predicted molar refractivity (Wildman–Crippen MR) is 64.2 cm³/mol. The molecule has 0 unspecified atom stereocenters. The third-order valence-corrected chi connectivity index (χ3v) is 2.78. The van der Waals surface area contributed by atoms with Crippen LogP contribution in [0.3, 0.4) is 0 Å². The van der Waals surface area contributed by atoms with Crippen molar-refractivity contribution >= 4 is 11.8 Å². The molecular weight excluding hydrogens is 216 g/mol. The number of benzene rings is 1. The Kier molecular flexibility index (Phi) is 2.95. The number of nitrogens with one attached hydrogen (secondary N) is 2. The van der Waals surface area contributed by atoms with Crippen molar-refractivity contribution in [3.63, 3.8) is 0 Å². The Bertz CT molecular complexity index is 491. The van der Waals surface area contributed by atoms with Crippen LogP contribution in [-0.2, 0) is 4.79 Å². The van der Waals surface area contributed by atoms with Crippen LogP contribution in [0.15, 0.2) is 41.6 Å². The van der Waals surface area contributed by atoms with E-state index in [0.717, 1.165) is 5.56 Å². The summed E-state index contributed by atoms with van der Waals surface area (Å²) >= 11 is 0. The number of urea groups is 1. The van der Waals surface area contributed by atoms with Crippen LogP contribution >= 0.6 is 0 Å². The Morgan fingerprint density at radius 3 is 2.47 bits per heavy atom. The van der Waals surface area contributed by atoms with Crippen molar-refractivity contribution in [1.29, 1.82) is 0 Å². The Balaban J connectivity index is 2.47.